The summed E-state index contributed by atoms with van der Waals surface area (Å²) in [5, 5.41) is 7.86. The Morgan fingerprint density at radius 2 is 1.39 bits per heavy atom. The number of hydrogen-bond acceptors (Lipinski definition) is 7. The number of ether oxygens (including phenoxy) is 2. The molecule has 0 saturated heterocycles. The Kier molecular flexibility index (Phi) is 9.88. The Morgan fingerprint density at radius 3 is 1.89 bits per heavy atom. The van der Waals surface area contributed by atoms with Gasteiger partial charge in [-0.15, -0.1) is 0 Å². The SMILES string of the molecule is CN(C(=O)OC(C)(C)C)C1(C)COc2c(S(=O)(=NC(c3ccccc3)(c3ccccc3)c3ccccc3)NC(=O)Nc3c4c(cc5c3CCC5)CCC4)cnn2C1. The highest BCUT2D eigenvalue weighted by atomic mass is 32.2. The molecular formula is C45H50N6O5S. The van der Waals surface area contributed by atoms with E-state index in [0.717, 1.165) is 72.0 Å². The third kappa shape index (κ3) is 7.15. The highest BCUT2D eigenvalue weighted by molar-refractivity contribution is 7.92. The first kappa shape index (κ1) is 38.3. The second-order valence-corrected chi connectivity index (χ2v) is 18.4. The van der Waals surface area contributed by atoms with Crippen LogP contribution >= 0.6 is 0 Å². The Hall–Kier alpha value is -5.62. The molecule has 0 radical (unpaired) electrons. The molecule has 8 rings (SSSR count). The van der Waals surface area contributed by atoms with Crippen LogP contribution < -0.4 is 14.8 Å². The minimum absolute atomic E-state index is 0.0483. The van der Waals surface area contributed by atoms with Crippen molar-refractivity contribution in [2.24, 2.45) is 4.36 Å². The molecule has 0 saturated carbocycles. The summed E-state index contributed by atoms with van der Waals surface area (Å²) in [4.78, 5) is 29.4. The van der Waals surface area contributed by atoms with Crippen molar-refractivity contribution in [2.45, 2.75) is 94.3 Å². The normalized spacial score (nSPS) is 18.3. The molecule has 5 aromatic rings. The number of amides is 3. The minimum atomic E-state index is -3.96. The first-order valence-electron chi connectivity index (χ1n) is 19.7. The molecule has 12 heteroatoms. The maximum absolute atomic E-state index is 16.3. The number of fused-ring (bicyclic) bond motifs is 3. The first-order chi connectivity index (χ1) is 27.3. The Balaban J connectivity index is 1.29. The average Bonchev–Trinajstić information content (AvgIpc) is 3.97. The highest BCUT2D eigenvalue weighted by Crippen LogP contribution is 2.44. The van der Waals surface area contributed by atoms with E-state index in [1.165, 1.54) is 22.2 Å². The zero-order chi connectivity index (χ0) is 40.0. The third-order valence-electron chi connectivity index (χ3n) is 11.3. The molecule has 57 heavy (non-hydrogen) atoms. The van der Waals surface area contributed by atoms with E-state index < -0.39 is 38.7 Å². The summed E-state index contributed by atoms with van der Waals surface area (Å²) in [6.45, 7) is 7.60. The molecule has 3 aliphatic rings. The van der Waals surface area contributed by atoms with Gasteiger partial charge in [-0.2, -0.15) is 9.46 Å². The van der Waals surface area contributed by atoms with Crippen molar-refractivity contribution < 1.29 is 23.3 Å². The molecule has 1 aromatic heterocycles. The number of nitrogens with one attached hydrogen (secondary N) is 2. The number of carbonyl (C=O) groups is 2. The zero-order valence-electron chi connectivity index (χ0n) is 33.2. The molecule has 3 amide bonds. The van der Waals surface area contributed by atoms with Crippen molar-refractivity contribution in [2.75, 3.05) is 19.0 Å². The monoisotopic (exact) mass is 786 g/mol. The molecule has 2 aliphatic carbocycles. The maximum atomic E-state index is 16.3. The van der Waals surface area contributed by atoms with Gasteiger partial charge in [0.2, 0.25) is 5.88 Å². The second kappa shape index (κ2) is 14.7. The molecule has 2 heterocycles. The van der Waals surface area contributed by atoms with Gasteiger partial charge in [0, 0.05) is 12.7 Å². The van der Waals surface area contributed by atoms with E-state index >= 15 is 4.21 Å². The van der Waals surface area contributed by atoms with E-state index in [0.29, 0.717) is 0 Å². The Labute approximate surface area is 335 Å². The number of aromatic nitrogens is 2. The van der Waals surface area contributed by atoms with Crippen molar-refractivity contribution in [3.05, 3.63) is 142 Å². The predicted octanol–water partition coefficient (Wildman–Crippen LogP) is 8.43. The number of benzene rings is 4. The van der Waals surface area contributed by atoms with Crippen LogP contribution in [0.4, 0.5) is 15.3 Å². The van der Waals surface area contributed by atoms with Gasteiger partial charge >= 0.3 is 12.1 Å². The molecule has 4 aromatic carbocycles. The lowest BCUT2D eigenvalue weighted by Crippen LogP contribution is -2.57. The van der Waals surface area contributed by atoms with Gasteiger partial charge in [-0.1, -0.05) is 97.1 Å². The Morgan fingerprint density at radius 1 is 0.860 bits per heavy atom. The van der Waals surface area contributed by atoms with E-state index in [4.69, 9.17) is 13.8 Å². The van der Waals surface area contributed by atoms with E-state index in [2.05, 4.69) is 21.2 Å². The van der Waals surface area contributed by atoms with Gasteiger partial charge in [0.1, 0.15) is 22.6 Å². The molecule has 11 nitrogen and oxygen atoms in total. The van der Waals surface area contributed by atoms with Gasteiger partial charge in [-0.3, -0.25) is 0 Å². The van der Waals surface area contributed by atoms with Gasteiger partial charge < -0.3 is 19.7 Å². The maximum Gasteiger partial charge on any atom is 0.410 e. The topological polar surface area (TPSA) is 127 Å². The fraction of sp³-hybridized carbons (Fsp3) is 0.356. The highest BCUT2D eigenvalue weighted by Gasteiger charge is 2.44. The average molecular weight is 787 g/mol. The number of carbonyl (C=O) groups excluding carboxylic acids is 2. The van der Waals surface area contributed by atoms with Crippen molar-refractivity contribution in [1.82, 2.24) is 19.4 Å². The van der Waals surface area contributed by atoms with Crippen LogP contribution in [0.1, 0.15) is 79.5 Å². The number of rotatable bonds is 8. The largest absolute Gasteiger partial charge is 0.474 e. The number of urea groups is 1. The fourth-order valence-corrected chi connectivity index (χ4v) is 10.2. The lowest BCUT2D eigenvalue weighted by atomic mass is 9.78. The van der Waals surface area contributed by atoms with E-state index in [1.54, 1.807) is 11.7 Å². The van der Waals surface area contributed by atoms with Crippen LogP contribution in [0.3, 0.4) is 0 Å². The van der Waals surface area contributed by atoms with E-state index in [1.807, 2.05) is 119 Å². The number of hydrogen-bond donors (Lipinski definition) is 2. The zero-order valence-corrected chi connectivity index (χ0v) is 34.0. The summed E-state index contributed by atoms with van der Waals surface area (Å²) in [6, 6.07) is 30.8. The van der Waals surface area contributed by atoms with Gasteiger partial charge in [-0.05, 0) is 105 Å². The van der Waals surface area contributed by atoms with Crippen molar-refractivity contribution in [3.8, 4) is 5.88 Å². The molecule has 0 fully saturated rings. The summed E-state index contributed by atoms with van der Waals surface area (Å²) in [5.74, 6) is 0.198. The van der Waals surface area contributed by atoms with E-state index in [-0.39, 0.29) is 23.9 Å². The van der Waals surface area contributed by atoms with Gasteiger partial charge in [-0.25, -0.2) is 23.2 Å². The Bertz CT molecular complexity index is 2310. The molecule has 1 aliphatic heterocycles. The quantitative estimate of drug-likeness (QED) is 0.152. The summed E-state index contributed by atoms with van der Waals surface area (Å²) >= 11 is 0. The van der Waals surface area contributed by atoms with Gasteiger partial charge in [0.25, 0.3) is 0 Å². The minimum Gasteiger partial charge on any atom is -0.474 e. The van der Waals surface area contributed by atoms with Crippen LogP contribution in [0.2, 0.25) is 0 Å². The number of aryl methyl sites for hydroxylation is 2. The van der Waals surface area contributed by atoms with Crippen LogP contribution in [0.5, 0.6) is 5.88 Å². The van der Waals surface area contributed by atoms with Crippen LogP contribution in [0.15, 0.2) is 113 Å². The summed E-state index contributed by atoms with van der Waals surface area (Å²) in [6.07, 6.45) is 6.70. The van der Waals surface area contributed by atoms with Crippen LogP contribution in [0, 0.1) is 0 Å². The fourth-order valence-electron chi connectivity index (χ4n) is 8.40. The summed E-state index contributed by atoms with van der Waals surface area (Å²) in [5.41, 5.74) is 5.02. The van der Waals surface area contributed by atoms with Crippen molar-refractivity contribution in [3.63, 3.8) is 0 Å². The molecule has 296 valence electrons. The summed E-state index contributed by atoms with van der Waals surface area (Å²) in [7, 11) is -2.30. The third-order valence-corrected chi connectivity index (χ3v) is 13.2. The molecule has 2 unspecified atom stereocenters. The van der Waals surface area contributed by atoms with Crippen LogP contribution in [-0.4, -0.2) is 55.8 Å². The predicted molar refractivity (Wildman–Crippen MR) is 221 cm³/mol. The molecule has 2 atom stereocenters. The first-order valence-corrected chi connectivity index (χ1v) is 21.2. The number of nitrogens with zero attached hydrogens (tertiary/aromatic N) is 4. The molecule has 0 bridgehead atoms. The standard InChI is InChI=1S/C45H50N6O5S/c1-43(2,3)56-42(53)50(5)44(4)29-51-40(55-30-44)38(28-46-51)57(54,48-41(52)47-39-36-25-15-17-31(36)27-32-18-16-26-37(32)39)49-45(33-19-9-6-10-20-33,34-21-11-7-12-22-34)35-23-13-8-14-24-35/h6-14,19-24,27-28H,15-18,25-26,29-30H2,1-5H3,(H2,47,48,49,52,54). The summed E-state index contributed by atoms with van der Waals surface area (Å²) < 4.78 is 38.4. The van der Waals surface area contributed by atoms with E-state index in [9.17, 15) is 9.59 Å². The molecular weight excluding hydrogens is 737 g/mol. The molecule has 2 N–H and O–H groups in total. The van der Waals surface area contributed by atoms with Crippen molar-refractivity contribution in [1.29, 1.82) is 0 Å². The number of likely N-dealkylation sites (N-methyl/N-ethyl adjacent to an activating group) is 1. The number of anilines is 1. The van der Waals surface area contributed by atoms with Crippen LogP contribution in [-0.2, 0) is 52.4 Å². The molecule has 0 spiro atoms. The van der Waals surface area contributed by atoms with Crippen molar-refractivity contribution >= 4 is 27.7 Å². The van der Waals surface area contributed by atoms with Gasteiger partial charge in [0.05, 0.1) is 18.3 Å². The van der Waals surface area contributed by atoms with Gasteiger partial charge in [0.15, 0.2) is 9.92 Å². The smallest absolute Gasteiger partial charge is 0.410 e. The second-order valence-electron chi connectivity index (χ2n) is 16.5. The lowest BCUT2D eigenvalue weighted by molar-refractivity contribution is -0.0175. The lowest BCUT2D eigenvalue weighted by Gasteiger charge is -2.41. The van der Waals surface area contributed by atoms with Crippen LogP contribution in [0.25, 0.3) is 0 Å².